The number of rotatable bonds is 10. The Labute approximate surface area is 98.6 Å². The fourth-order valence-electron chi connectivity index (χ4n) is 0.971. The molecule has 0 aliphatic rings. The Balaban J connectivity index is 3.31. The van der Waals surface area contributed by atoms with Crippen molar-refractivity contribution < 1.29 is 23.4 Å². The number of carbonyl (C=O) groups excluding carboxylic acids is 1. The Bertz CT molecular complexity index is 198. The van der Waals surface area contributed by atoms with Gasteiger partial charge >= 0.3 is 5.97 Å². The first-order chi connectivity index (χ1) is 7.74. The molecule has 0 amide bonds. The lowest BCUT2D eigenvalue weighted by Gasteiger charge is -2.15. The van der Waals surface area contributed by atoms with E-state index in [2.05, 4.69) is 6.58 Å². The van der Waals surface area contributed by atoms with Crippen LogP contribution in [-0.2, 0) is 23.4 Å². The highest BCUT2D eigenvalue weighted by Gasteiger charge is 2.05. The van der Waals surface area contributed by atoms with Crippen molar-refractivity contribution in [1.82, 2.24) is 0 Å². The van der Waals surface area contributed by atoms with Crippen LogP contribution in [0.4, 0.5) is 0 Å². The second-order valence-corrected chi connectivity index (χ2v) is 4.52. The molecule has 5 nitrogen and oxygen atoms in total. The zero-order chi connectivity index (χ0) is 12.2. The molecular formula is C10H20O5Si. The Morgan fingerprint density at radius 1 is 1.50 bits per heavy atom. The molecule has 0 radical (unpaired) electrons. The second-order valence-electron chi connectivity index (χ2n) is 3.07. The summed E-state index contributed by atoms with van der Waals surface area (Å²) in [4.78, 5) is 10.7. The summed E-state index contributed by atoms with van der Waals surface area (Å²) in [5, 5.41) is 0. The minimum atomic E-state index is -0.641. The topological polar surface area (TPSA) is 54.0 Å². The molecule has 6 heteroatoms. The lowest BCUT2D eigenvalue weighted by atomic mass is 10.5. The predicted molar refractivity (Wildman–Crippen MR) is 62.9 cm³/mol. The Morgan fingerprint density at radius 3 is 2.81 bits per heavy atom. The number of carbonyl (C=O) groups is 1. The predicted octanol–water partition coefficient (Wildman–Crippen LogP) is 0.243. The van der Waals surface area contributed by atoms with E-state index in [0.717, 1.165) is 18.5 Å². The molecule has 0 saturated heterocycles. The van der Waals surface area contributed by atoms with E-state index in [4.69, 9.17) is 18.6 Å². The molecule has 0 heterocycles. The van der Waals surface area contributed by atoms with Crippen molar-refractivity contribution in [2.45, 2.75) is 18.8 Å². The van der Waals surface area contributed by atoms with Crippen molar-refractivity contribution in [3.63, 3.8) is 0 Å². The molecule has 0 aliphatic carbocycles. The Morgan fingerprint density at radius 2 is 2.25 bits per heavy atom. The molecule has 1 unspecified atom stereocenters. The summed E-state index contributed by atoms with van der Waals surface area (Å²) in [6, 6.07) is 0.938. The maximum atomic E-state index is 10.7. The molecule has 0 saturated carbocycles. The minimum Gasteiger partial charge on any atom is -0.463 e. The van der Waals surface area contributed by atoms with Crippen LogP contribution in [0.3, 0.4) is 0 Å². The molecule has 1 atom stereocenters. The fourth-order valence-corrected chi connectivity index (χ4v) is 2.04. The largest absolute Gasteiger partial charge is 0.463 e. The van der Waals surface area contributed by atoms with Crippen molar-refractivity contribution in [2.24, 2.45) is 0 Å². The van der Waals surface area contributed by atoms with Crippen molar-refractivity contribution >= 4 is 15.7 Å². The third kappa shape index (κ3) is 8.60. The molecule has 0 bridgehead atoms. The van der Waals surface area contributed by atoms with Crippen LogP contribution in [0.25, 0.3) is 0 Å². The van der Waals surface area contributed by atoms with Crippen molar-refractivity contribution in [3.05, 3.63) is 12.7 Å². The van der Waals surface area contributed by atoms with Gasteiger partial charge in [-0.3, -0.25) is 0 Å². The van der Waals surface area contributed by atoms with E-state index in [1.165, 1.54) is 0 Å². The van der Waals surface area contributed by atoms with Gasteiger partial charge in [0.05, 0.1) is 13.2 Å². The van der Waals surface area contributed by atoms with Crippen LogP contribution in [0, 0.1) is 0 Å². The molecule has 0 aromatic carbocycles. The molecule has 0 aromatic rings. The highest BCUT2D eigenvalue weighted by Crippen LogP contribution is 1.97. The molecule has 94 valence electrons. The highest BCUT2D eigenvalue weighted by atomic mass is 28.2. The van der Waals surface area contributed by atoms with Crippen LogP contribution < -0.4 is 0 Å². The Hall–Kier alpha value is -0.693. The average Bonchev–Trinajstić information content (AvgIpc) is 2.31. The maximum absolute atomic E-state index is 10.7. The third-order valence-corrected chi connectivity index (χ3v) is 3.22. The van der Waals surface area contributed by atoms with E-state index < -0.39 is 9.76 Å². The van der Waals surface area contributed by atoms with Gasteiger partial charge in [-0.15, -0.1) is 0 Å². The van der Waals surface area contributed by atoms with Gasteiger partial charge in [0, 0.05) is 20.3 Å². The molecule has 0 aromatic heterocycles. The van der Waals surface area contributed by atoms with E-state index >= 15 is 0 Å². The molecule has 0 aliphatic heterocycles. The summed E-state index contributed by atoms with van der Waals surface area (Å²) in [6.45, 7) is 4.17. The van der Waals surface area contributed by atoms with Gasteiger partial charge < -0.3 is 18.6 Å². The quantitative estimate of drug-likeness (QED) is 0.182. The third-order valence-electron chi connectivity index (χ3n) is 1.82. The van der Waals surface area contributed by atoms with Gasteiger partial charge in [0.2, 0.25) is 0 Å². The number of hydrogen-bond acceptors (Lipinski definition) is 5. The molecule has 0 spiro atoms. The molecule has 0 fully saturated rings. The van der Waals surface area contributed by atoms with E-state index in [0.29, 0.717) is 13.2 Å². The van der Waals surface area contributed by atoms with Gasteiger partial charge in [-0.1, -0.05) is 6.58 Å². The van der Waals surface area contributed by atoms with E-state index in [9.17, 15) is 4.79 Å². The van der Waals surface area contributed by atoms with Crippen LogP contribution in [-0.4, -0.2) is 49.5 Å². The van der Waals surface area contributed by atoms with Gasteiger partial charge in [0.1, 0.15) is 0 Å². The summed E-state index contributed by atoms with van der Waals surface area (Å²) in [5.74, 6) is -0.378. The fraction of sp³-hybridized carbons (Fsp3) is 0.700. The van der Waals surface area contributed by atoms with Gasteiger partial charge in [0.25, 0.3) is 0 Å². The van der Waals surface area contributed by atoms with E-state index in [-0.39, 0.29) is 12.3 Å². The van der Waals surface area contributed by atoms with Crippen molar-refractivity contribution in [1.29, 1.82) is 0 Å². The minimum absolute atomic E-state index is 0.271. The summed E-state index contributed by atoms with van der Waals surface area (Å²) < 4.78 is 20.3. The van der Waals surface area contributed by atoms with E-state index in [1.54, 1.807) is 14.2 Å². The number of esters is 1. The van der Waals surface area contributed by atoms with Gasteiger partial charge in [-0.2, -0.15) is 0 Å². The van der Waals surface area contributed by atoms with Gasteiger partial charge in [-0.25, -0.2) is 4.79 Å². The SMILES string of the molecule is C=CC(=O)OCCC[SiH2]OC(COC)OC. The van der Waals surface area contributed by atoms with Crippen molar-refractivity contribution in [2.75, 3.05) is 27.4 Å². The molecule has 0 N–H and O–H groups in total. The lowest BCUT2D eigenvalue weighted by molar-refractivity contribution is -0.137. The summed E-state index contributed by atoms with van der Waals surface area (Å²) in [5.41, 5.74) is 0. The van der Waals surface area contributed by atoms with E-state index in [1.807, 2.05) is 0 Å². The zero-order valence-corrected chi connectivity index (χ0v) is 11.4. The second kappa shape index (κ2) is 10.8. The van der Waals surface area contributed by atoms with Crippen LogP contribution in [0.15, 0.2) is 12.7 Å². The van der Waals surface area contributed by atoms with Gasteiger partial charge in [0.15, 0.2) is 16.1 Å². The van der Waals surface area contributed by atoms with Crippen molar-refractivity contribution in [3.8, 4) is 0 Å². The van der Waals surface area contributed by atoms with Gasteiger partial charge in [-0.05, 0) is 12.5 Å². The molecule has 0 rings (SSSR count). The monoisotopic (exact) mass is 248 g/mol. The first kappa shape index (κ1) is 15.3. The van der Waals surface area contributed by atoms with Crippen LogP contribution in [0.1, 0.15) is 6.42 Å². The Kier molecular flexibility index (Phi) is 10.3. The summed E-state index contributed by atoms with van der Waals surface area (Å²) in [6.07, 6.45) is 1.70. The maximum Gasteiger partial charge on any atom is 0.330 e. The number of ether oxygens (including phenoxy) is 3. The summed E-state index contributed by atoms with van der Waals surface area (Å²) in [7, 11) is 2.55. The average molecular weight is 248 g/mol. The first-order valence-corrected chi connectivity index (χ1v) is 6.74. The normalized spacial score (nSPS) is 12.9. The number of methoxy groups -OCH3 is 2. The van der Waals surface area contributed by atoms with Crippen LogP contribution in [0.2, 0.25) is 6.04 Å². The van der Waals surface area contributed by atoms with Crippen LogP contribution >= 0.6 is 0 Å². The molecular weight excluding hydrogens is 228 g/mol. The summed E-state index contributed by atoms with van der Waals surface area (Å²) >= 11 is 0. The van der Waals surface area contributed by atoms with Crippen LogP contribution in [0.5, 0.6) is 0 Å². The smallest absolute Gasteiger partial charge is 0.330 e. The standard InChI is InChI=1S/C10H20O5Si/c1-4-9(11)14-6-5-7-16-15-10(13-3)8-12-2/h4,10H,1,5-8,16H2,2-3H3. The first-order valence-electron chi connectivity index (χ1n) is 5.17. The highest BCUT2D eigenvalue weighted by molar-refractivity contribution is 6.27. The molecule has 16 heavy (non-hydrogen) atoms. The lowest BCUT2D eigenvalue weighted by Crippen LogP contribution is -2.23. The zero-order valence-electron chi connectivity index (χ0n) is 9.94. The number of hydrogen-bond donors (Lipinski definition) is 0.